The van der Waals surface area contributed by atoms with Crippen LogP contribution in [0.4, 0.5) is 16.2 Å². The molecular formula is C20H19Cl2FN6. The van der Waals surface area contributed by atoms with Gasteiger partial charge in [0, 0.05) is 49.7 Å². The number of benzene rings is 1. The molecule has 3 heterocycles. The highest BCUT2D eigenvalue weighted by molar-refractivity contribution is 6.31. The molecule has 150 valence electrons. The Balaban J connectivity index is 1.60. The average molecular weight is 433 g/mol. The molecule has 1 aromatic carbocycles. The zero-order chi connectivity index (χ0) is 20.5. The quantitative estimate of drug-likeness (QED) is 0.571. The maximum atomic E-state index is 13.6. The zero-order valence-electron chi connectivity index (χ0n) is 16.0. The Morgan fingerprint density at radius 2 is 1.86 bits per heavy atom. The Hall–Kier alpha value is -2.51. The largest absolute Gasteiger partial charge is 0.350 e. The highest BCUT2D eigenvalue weighted by Gasteiger charge is 2.28. The summed E-state index contributed by atoms with van der Waals surface area (Å²) in [5, 5.41) is 0.736. The van der Waals surface area contributed by atoms with Crippen molar-refractivity contribution < 1.29 is 4.39 Å². The van der Waals surface area contributed by atoms with Crippen molar-refractivity contribution >= 4 is 35.0 Å². The lowest BCUT2D eigenvalue weighted by Crippen LogP contribution is -2.53. The van der Waals surface area contributed by atoms with Gasteiger partial charge in [-0.2, -0.15) is 0 Å². The molecule has 0 bridgehead atoms. The molecule has 4 rings (SSSR count). The summed E-state index contributed by atoms with van der Waals surface area (Å²) in [5.41, 5.74) is 2.02. The molecule has 29 heavy (non-hydrogen) atoms. The third-order valence-corrected chi connectivity index (χ3v) is 5.42. The number of halogens is 3. The van der Waals surface area contributed by atoms with Crippen LogP contribution in [0.25, 0.3) is 11.3 Å². The van der Waals surface area contributed by atoms with Gasteiger partial charge in [-0.25, -0.2) is 24.3 Å². The van der Waals surface area contributed by atoms with E-state index >= 15 is 0 Å². The number of hydrogen-bond donors (Lipinski definition) is 0. The molecule has 1 unspecified atom stereocenters. The van der Waals surface area contributed by atoms with Crippen LogP contribution in [0.15, 0.2) is 36.7 Å². The Morgan fingerprint density at radius 3 is 2.59 bits per heavy atom. The van der Waals surface area contributed by atoms with E-state index in [0.717, 1.165) is 5.56 Å². The van der Waals surface area contributed by atoms with Crippen molar-refractivity contribution in [3.05, 3.63) is 58.3 Å². The summed E-state index contributed by atoms with van der Waals surface area (Å²) in [6.07, 6.45) is 3.21. The molecule has 0 spiro atoms. The molecule has 1 aliphatic rings. The summed E-state index contributed by atoms with van der Waals surface area (Å²) in [5.74, 6) is 0.976. The number of anilines is 2. The summed E-state index contributed by atoms with van der Waals surface area (Å²) >= 11 is 12.5. The van der Waals surface area contributed by atoms with Crippen molar-refractivity contribution in [2.75, 3.05) is 29.4 Å². The summed E-state index contributed by atoms with van der Waals surface area (Å²) in [4.78, 5) is 21.8. The second-order valence-electron chi connectivity index (χ2n) is 7.00. The highest BCUT2D eigenvalue weighted by Crippen LogP contribution is 2.28. The maximum absolute atomic E-state index is 13.6. The van der Waals surface area contributed by atoms with E-state index in [4.69, 9.17) is 28.2 Å². The first-order valence-electron chi connectivity index (χ1n) is 9.21. The monoisotopic (exact) mass is 432 g/mol. The van der Waals surface area contributed by atoms with E-state index in [9.17, 15) is 4.39 Å². The average Bonchev–Trinajstić information content (AvgIpc) is 2.70. The van der Waals surface area contributed by atoms with Crippen LogP contribution in [0, 0.1) is 12.7 Å². The minimum absolute atomic E-state index is 0.100. The van der Waals surface area contributed by atoms with Gasteiger partial charge in [0.15, 0.2) is 11.0 Å². The van der Waals surface area contributed by atoms with Crippen molar-refractivity contribution in [3.8, 4) is 11.3 Å². The molecule has 1 saturated heterocycles. The van der Waals surface area contributed by atoms with Crippen LogP contribution in [-0.4, -0.2) is 45.6 Å². The molecule has 1 atom stereocenters. The Bertz CT molecular complexity index is 1050. The standard InChI is InChI=1S/C20H19Cl2FN6/c1-12-9-14(3-4-15(12)23)16-10-17(21)27-20(26-16)29-8-7-28(11-13(29)2)19-18(22)24-5-6-25-19/h3-6,9-10,13H,7-8,11H2,1-2H3. The Kier molecular flexibility index (Phi) is 5.52. The fraction of sp³-hybridized carbons (Fsp3) is 0.300. The molecular weight excluding hydrogens is 414 g/mol. The van der Waals surface area contributed by atoms with Gasteiger partial charge in [0.1, 0.15) is 11.0 Å². The first-order valence-corrected chi connectivity index (χ1v) is 9.97. The smallest absolute Gasteiger partial charge is 0.227 e. The molecule has 2 aromatic heterocycles. The van der Waals surface area contributed by atoms with E-state index in [1.807, 2.05) is 0 Å². The second kappa shape index (κ2) is 8.08. The van der Waals surface area contributed by atoms with Crippen molar-refractivity contribution in [1.82, 2.24) is 19.9 Å². The molecule has 1 aliphatic heterocycles. The van der Waals surface area contributed by atoms with E-state index in [2.05, 4.69) is 31.7 Å². The van der Waals surface area contributed by atoms with E-state index < -0.39 is 0 Å². The third kappa shape index (κ3) is 4.11. The van der Waals surface area contributed by atoms with Crippen molar-refractivity contribution in [2.24, 2.45) is 0 Å². The normalized spacial score (nSPS) is 16.9. The Morgan fingerprint density at radius 1 is 1.07 bits per heavy atom. The predicted octanol–water partition coefficient (Wildman–Crippen LogP) is 4.40. The van der Waals surface area contributed by atoms with E-state index in [1.54, 1.807) is 37.5 Å². The van der Waals surface area contributed by atoms with Gasteiger partial charge in [-0.15, -0.1) is 0 Å². The summed E-state index contributed by atoms with van der Waals surface area (Å²) in [7, 11) is 0. The molecule has 0 aliphatic carbocycles. The number of hydrogen-bond acceptors (Lipinski definition) is 6. The maximum Gasteiger partial charge on any atom is 0.227 e. The molecule has 0 N–H and O–H groups in total. The molecule has 0 saturated carbocycles. The number of rotatable bonds is 3. The van der Waals surface area contributed by atoms with Crippen LogP contribution in [0.3, 0.4) is 0 Å². The van der Waals surface area contributed by atoms with E-state index in [-0.39, 0.29) is 11.9 Å². The second-order valence-corrected chi connectivity index (χ2v) is 7.74. The lowest BCUT2D eigenvalue weighted by Gasteiger charge is -2.40. The summed E-state index contributed by atoms with van der Waals surface area (Å²) in [6.45, 7) is 5.88. The molecule has 0 amide bonds. The van der Waals surface area contributed by atoms with Gasteiger partial charge < -0.3 is 9.80 Å². The van der Waals surface area contributed by atoms with Crippen LogP contribution >= 0.6 is 23.2 Å². The van der Waals surface area contributed by atoms with Gasteiger partial charge in [0.2, 0.25) is 5.95 Å². The summed E-state index contributed by atoms with van der Waals surface area (Å²) in [6, 6.07) is 6.69. The van der Waals surface area contributed by atoms with Crippen LogP contribution in [0.1, 0.15) is 12.5 Å². The van der Waals surface area contributed by atoms with E-state index in [1.165, 1.54) is 6.07 Å². The van der Waals surface area contributed by atoms with Crippen LogP contribution < -0.4 is 9.80 Å². The van der Waals surface area contributed by atoms with Gasteiger partial charge >= 0.3 is 0 Å². The predicted molar refractivity (Wildman–Crippen MR) is 113 cm³/mol. The van der Waals surface area contributed by atoms with Crippen molar-refractivity contribution in [3.63, 3.8) is 0 Å². The number of aromatic nitrogens is 4. The number of piperazine rings is 1. The molecule has 9 heteroatoms. The third-order valence-electron chi connectivity index (χ3n) is 4.96. The number of nitrogens with zero attached hydrogens (tertiary/aromatic N) is 6. The lowest BCUT2D eigenvalue weighted by atomic mass is 10.1. The van der Waals surface area contributed by atoms with Gasteiger partial charge in [0.05, 0.1) is 5.69 Å². The van der Waals surface area contributed by atoms with Gasteiger partial charge in [0.25, 0.3) is 0 Å². The minimum atomic E-state index is -0.249. The van der Waals surface area contributed by atoms with Gasteiger partial charge in [-0.05, 0) is 37.6 Å². The van der Waals surface area contributed by atoms with Crippen molar-refractivity contribution in [2.45, 2.75) is 19.9 Å². The van der Waals surface area contributed by atoms with Crippen LogP contribution in [0.5, 0.6) is 0 Å². The zero-order valence-corrected chi connectivity index (χ0v) is 17.5. The van der Waals surface area contributed by atoms with Gasteiger partial charge in [-0.3, -0.25) is 0 Å². The molecule has 3 aromatic rings. The van der Waals surface area contributed by atoms with E-state index in [0.29, 0.717) is 53.0 Å². The fourth-order valence-electron chi connectivity index (χ4n) is 3.46. The fourth-order valence-corrected chi connectivity index (χ4v) is 3.86. The molecule has 1 fully saturated rings. The first-order chi connectivity index (χ1) is 13.9. The molecule has 0 radical (unpaired) electrons. The SMILES string of the molecule is Cc1cc(-c2cc(Cl)nc(N3CCN(c4nccnc4Cl)CC3C)n2)ccc1F. The lowest BCUT2D eigenvalue weighted by molar-refractivity contribution is 0.537. The minimum Gasteiger partial charge on any atom is -0.350 e. The molecule has 6 nitrogen and oxygen atoms in total. The van der Waals surface area contributed by atoms with Crippen LogP contribution in [-0.2, 0) is 0 Å². The number of aryl methyl sites for hydroxylation is 1. The topological polar surface area (TPSA) is 58.0 Å². The van der Waals surface area contributed by atoms with Gasteiger partial charge in [-0.1, -0.05) is 23.2 Å². The van der Waals surface area contributed by atoms with Crippen molar-refractivity contribution in [1.29, 1.82) is 0 Å². The Labute approximate surface area is 178 Å². The summed E-state index contributed by atoms with van der Waals surface area (Å²) < 4.78 is 13.6. The highest BCUT2D eigenvalue weighted by atomic mass is 35.5. The van der Waals surface area contributed by atoms with Crippen LogP contribution in [0.2, 0.25) is 10.3 Å². The first kappa shape index (κ1) is 19.8.